The zero-order chi connectivity index (χ0) is 14.4. The first-order chi connectivity index (χ1) is 9.69. The Morgan fingerprint density at radius 2 is 1.85 bits per heavy atom. The van der Waals surface area contributed by atoms with Crippen LogP contribution in [0.4, 0.5) is 11.4 Å². The molecule has 4 heteroatoms. The van der Waals surface area contributed by atoms with Gasteiger partial charge in [0.05, 0.1) is 0 Å². The van der Waals surface area contributed by atoms with E-state index in [1.165, 1.54) is 0 Å². The molecule has 0 heterocycles. The number of hydrogen-bond acceptors (Lipinski definition) is 4. The van der Waals surface area contributed by atoms with Gasteiger partial charge in [-0.1, -0.05) is 12.1 Å². The molecule has 4 nitrogen and oxygen atoms in total. The van der Waals surface area contributed by atoms with Gasteiger partial charge in [0.15, 0.2) is 12.5 Å². The van der Waals surface area contributed by atoms with Crippen molar-refractivity contribution in [3.8, 4) is 5.75 Å². The number of carbonyl (C=O) groups is 1. The zero-order valence-corrected chi connectivity index (χ0v) is 11.6. The van der Waals surface area contributed by atoms with Gasteiger partial charge in [-0.2, -0.15) is 0 Å². The summed E-state index contributed by atoms with van der Waals surface area (Å²) in [5.74, 6) is 0.844. The van der Waals surface area contributed by atoms with Gasteiger partial charge in [-0.05, 0) is 43.3 Å². The molecule has 0 unspecified atom stereocenters. The van der Waals surface area contributed by atoms with Crippen LogP contribution >= 0.6 is 0 Å². The van der Waals surface area contributed by atoms with Crippen LogP contribution in [0, 0.1) is 0 Å². The minimum Gasteiger partial charge on any atom is -0.473 e. The average molecular weight is 270 g/mol. The van der Waals surface area contributed by atoms with E-state index in [9.17, 15) is 4.79 Å². The summed E-state index contributed by atoms with van der Waals surface area (Å²) < 4.78 is 5.59. The predicted octanol–water partition coefficient (Wildman–Crippen LogP) is 3.38. The Morgan fingerprint density at radius 1 is 1.10 bits per heavy atom. The molecule has 0 bridgehead atoms. The van der Waals surface area contributed by atoms with Crippen LogP contribution in [0.25, 0.3) is 0 Å². The van der Waals surface area contributed by atoms with E-state index in [2.05, 4.69) is 10.6 Å². The SMILES string of the molecule is CNc1ccc(OCNc2cccc(C(C)=O)c2)cc1. The maximum absolute atomic E-state index is 11.3. The van der Waals surface area contributed by atoms with Gasteiger partial charge in [-0.3, -0.25) is 4.79 Å². The summed E-state index contributed by atoms with van der Waals surface area (Å²) in [6.45, 7) is 1.90. The minimum atomic E-state index is 0.0530. The van der Waals surface area contributed by atoms with Gasteiger partial charge >= 0.3 is 0 Å². The Bertz CT molecular complexity index is 579. The maximum atomic E-state index is 11.3. The van der Waals surface area contributed by atoms with Gasteiger partial charge in [0, 0.05) is 24.0 Å². The number of carbonyl (C=O) groups excluding carboxylic acids is 1. The van der Waals surface area contributed by atoms with Crippen LogP contribution in [0.3, 0.4) is 0 Å². The highest BCUT2D eigenvalue weighted by Crippen LogP contribution is 2.16. The third-order valence-corrected chi connectivity index (χ3v) is 2.93. The molecule has 0 saturated carbocycles. The quantitative estimate of drug-likeness (QED) is 0.624. The molecular weight excluding hydrogens is 252 g/mol. The van der Waals surface area contributed by atoms with Crippen LogP contribution in [0.5, 0.6) is 5.75 Å². The molecule has 0 saturated heterocycles. The Kier molecular flexibility index (Phi) is 4.60. The molecule has 0 aromatic heterocycles. The van der Waals surface area contributed by atoms with Gasteiger partial charge in [0.1, 0.15) is 5.75 Å². The van der Waals surface area contributed by atoms with Crippen molar-refractivity contribution in [1.29, 1.82) is 0 Å². The Hall–Kier alpha value is -2.49. The standard InChI is InChI=1S/C16H18N2O2/c1-12(19)13-4-3-5-15(10-13)18-11-20-16-8-6-14(17-2)7-9-16/h3-10,17-18H,11H2,1-2H3. The third kappa shape index (κ3) is 3.75. The summed E-state index contributed by atoms with van der Waals surface area (Å²) in [7, 11) is 1.87. The molecule has 104 valence electrons. The van der Waals surface area contributed by atoms with E-state index in [1.807, 2.05) is 49.5 Å². The lowest BCUT2D eigenvalue weighted by Gasteiger charge is -2.10. The highest BCUT2D eigenvalue weighted by Gasteiger charge is 2.00. The van der Waals surface area contributed by atoms with Crippen molar-refractivity contribution in [3.63, 3.8) is 0 Å². The first-order valence-electron chi connectivity index (χ1n) is 6.44. The average Bonchev–Trinajstić information content (AvgIpc) is 2.48. The molecule has 20 heavy (non-hydrogen) atoms. The van der Waals surface area contributed by atoms with Gasteiger partial charge < -0.3 is 15.4 Å². The fourth-order valence-electron chi connectivity index (χ4n) is 1.77. The zero-order valence-electron chi connectivity index (χ0n) is 11.6. The predicted molar refractivity (Wildman–Crippen MR) is 81.6 cm³/mol. The summed E-state index contributed by atoms with van der Waals surface area (Å²) in [5.41, 5.74) is 2.59. The van der Waals surface area contributed by atoms with Crippen molar-refractivity contribution < 1.29 is 9.53 Å². The second kappa shape index (κ2) is 6.61. The first kappa shape index (κ1) is 13.9. The Balaban J connectivity index is 1.88. The summed E-state index contributed by atoms with van der Waals surface area (Å²) in [5, 5.41) is 6.18. The van der Waals surface area contributed by atoms with Crippen LogP contribution < -0.4 is 15.4 Å². The van der Waals surface area contributed by atoms with Crippen molar-refractivity contribution >= 4 is 17.2 Å². The molecule has 0 aliphatic rings. The third-order valence-electron chi connectivity index (χ3n) is 2.93. The molecule has 0 atom stereocenters. The first-order valence-corrected chi connectivity index (χ1v) is 6.44. The van der Waals surface area contributed by atoms with Gasteiger partial charge in [0.2, 0.25) is 0 Å². The van der Waals surface area contributed by atoms with Crippen LogP contribution in [0.1, 0.15) is 17.3 Å². The van der Waals surface area contributed by atoms with Gasteiger partial charge in [0.25, 0.3) is 0 Å². The van der Waals surface area contributed by atoms with Gasteiger partial charge in [-0.15, -0.1) is 0 Å². The number of benzene rings is 2. The van der Waals surface area contributed by atoms with Crippen molar-refractivity contribution in [2.75, 3.05) is 24.4 Å². The molecule has 2 aromatic carbocycles. The van der Waals surface area contributed by atoms with Crippen molar-refractivity contribution in [3.05, 3.63) is 54.1 Å². The number of nitrogens with one attached hydrogen (secondary N) is 2. The summed E-state index contributed by atoms with van der Waals surface area (Å²) in [6, 6.07) is 15.1. The Morgan fingerprint density at radius 3 is 2.50 bits per heavy atom. The summed E-state index contributed by atoms with van der Waals surface area (Å²) in [6.07, 6.45) is 0. The molecule has 2 aromatic rings. The van der Waals surface area contributed by atoms with E-state index in [4.69, 9.17) is 4.74 Å². The normalized spacial score (nSPS) is 9.90. The second-order valence-electron chi connectivity index (χ2n) is 4.38. The lowest BCUT2D eigenvalue weighted by Crippen LogP contribution is -2.09. The van der Waals surface area contributed by atoms with E-state index in [1.54, 1.807) is 13.0 Å². The van der Waals surface area contributed by atoms with Crippen LogP contribution in [0.2, 0.25) is 0 Å². The number of Topliss-reactive ketones (excluding diaryl/α,β-unsaturated/α-hetero) is 1. The Labute approximate surface area is 118 Å². The van der Waals surface area contributed by atoms with Gasteiger partial charge in [-0.25, -0.2) is 0 Å². The molecule has 2 rings (SSSR count). The molecule has 0 amide bonds. The van der Waals surface area contributed by atoms with E-state index >= 15 is 0 Å². The number of hydrogen-bond donors (Lipinski definition) is 2. The highest BCUT2D eigenvalue weighted by atomic mass is 16.5. The molecule has 0 aliphatic carbocycles. The van der Waals surface area contributed by atoms with Crippen LogP contribution in [0.15, 0.2) is 48.5 Å². The molecule has 0 radical (unpaired) electrons. The fourth-order valence-corrected chi connectivity index (χ4v) is 1.77. The number of ether oxygens (including phenoxy) is 1. The second-order valence-corrected chi connectivity index (χ2v) is 4.38. The fraction of sp³-hybridized carbons (Fsp3) is 0.188. The largest absolute Gasteiger partial charge is 0.473 e. The maximum Gasteiger partial charge on any atom is 0.159 e. The molecule has 2 N–H and O–H groups in total. The van der Waals surface area contributed by atoms with E-state index in [0.29, 0.717) is 12.3 Å². The molecular formula is C16H18N2O2. The lowest BCUT2D eigenvalue weighted by molar-refractivity contribution is 0.101. The topological polar surface area (TPSA) is 50.4 Å². The van der Waals surface area contributed by atoms with Crippen LogP contribution in [-0.2, 0) is 0 Å². The number of ketones is 1. The van der Waals surface area contributed by atoms with Crippen molar-refractivity contribution in [2.45, 2.75) is 6.92 Å². The van der Waals surface area contributed by atoms with E-state index in [-0.39, 0.29) is 5.78 Å². The van der Waals surface area contributed by atoms with E-state index in [0.717, 1.165) is 17.1 Å². The molecule has 0 aliphatic heterocycles. The highest BCUT2D eigenvalue weighted by molar-refractivity contribution is 5.94. The summed E-state index contributed by atoms with van der Waals surface area (Å²) >= 11 is 0. The smallest absolute Gasteiger partial charge is 0.159 e. The summed E-state index contributed by atoms with van der Waals surface area (Å²) in [4.78, 5) is 11.3. The monoisotopic (exact) mass is 270 g/mol. The molecule has 0 spiro atoms. The van der Waals surface area contributed by atoms with Crippen molar-refractivity contribution in [2.24, 2.45) is 0 Å². The van der Waals surface area contributed by atoms with Crippen molar-refractivity contribution in [1.82, 2.24) is 0 Å². The number of anilines is 2. The molecule has 0 fully saturated rings. The van der Waals surface area contributed by atoms with Crippen LogP contribution in [-0.4, -0.2) is 19.6 Å². The van der Waals surface area contributed by atoms with E-state index < -0.39 is 0 Å². The number of rotatable bonds is 6. The minimum absolute atomic E-state index is 0.0530. The lowest BCUT2D eigenvalue weighted by atomic mass is 10.1.